The van der Waals surface area contributed by atoms with Crippen LogP contribution in [0.4, 0.5) is 0 Å². The smallest absolute Gasteiger partial charge is 0.0988 e. The van der Waals surface area contributed by atoms with Crippen molar-refractivity contribution in [3.63, 3.8) is 0 Å². The number of pyridine rings is 1. The molecule has 1 N–H and O–H groups in total. The van der Waals surface area contributed by atoms with Crippen molar-refractivity contribution >= 4 is 48.8 Å². The third kappa shape index (κ3) is 1.19. The summed E-state index contributed by atoms with van der Waals surface area (Å²) in [6, 6.07) is 6.12. The molecule has 0 fully saturated rings. The average Bonchev–Trinajstić information content (AvgIpc) is 2.89. The molecule has 4 rings (SSSR count). The van der Waals surface area contributed by atoms with Gasteiger partial charge in [-0.25, -0.2) is 4.98 Å². The molecule has 0 aliphatic rings. The number of hydrogen-bond acceptors (Lipinski definition) is 2. The Morgan fingerprint density at radius 1 is 1.28 bits per heavy atom. The van der Waals surface area contributed by atoms with Gasteiger partial charge in [0.25, 0.3) is 0 Å². The van der Waals surface area contributed by atoms with Gasteiger partial charge in [0.1, 0.15) is 0 Å². The Balaban J connectivity index is 2.32. The number of benzene rings is 1. The van der Waals surface area contributed by atoms with Gasteiger partial charge < -0.3 is 5.10 Å². The largest absolute Gasteiger partial charge is 0.305 e. The van der Waals surface area contributed by atoms with Gasteiger partial charge in [-0.3, -0.25) is 9.67 Å². The highest BCUT2D eigenvalue weighted by Crippen LogP contribution is 2.31. The Morgan fingerprint density at radius 3 is 3.06 bits per heavy atom. The first kappa shape index (κ1) is 10.1. The Labute approximate surface area is 111 Å². The van der Waals surface area contributed by atoms with E-state index in [0.717, 1.165) is 37.3 Å². The van der Waals surface area contributed by atoms with Crippen molar-refractivity contribution in [1.82, 2.24) is 19.7 Å². The summed E-state index contributed by atoms with van der Waals surface area (Å²) >= 11 is 3.43. The number of aromatic nitrogens is 4. The first-order valence-corrected chi connectivity index (χ1v) is 6.41. The fourth-order valence-electron chi connectivity index (χ4n) is 2.44. The highest BCUT2D eigenvalue weighted by molar-refractivity contribution is 9.10. The molecule has 3 heterocycles. The van der Waals surface area contributed by atoms with Crippen LogP contribution in [-0.4, -0.2) is 19.7 Å². The summed E-state index contributed by atoms with van der Waals surface area (Å²) in [5, 5.41) is 5.46. The van der Waals surface area contributed by atoms with E-state index in [9.17, 15) is 0 Å². The third-order valence-electron chi connectivity index (χ3n) is 3.28. The number of nitrogens with zero attached hydrogens (tertiary/aromatic N) is 3. The van der Waals surface area contributed by atoms with Gasteiger partial charge in [0.15, 0.2) is 0 Å². The zero-order valence-corrected chi connectivity index (χ0v) is 11.2. The Bertz CT molecular complexity index is 903. The molecule has 5 heteroatoms. The number of hydrogen-bond donors (Lipinski definition) is 1. The second-order valence-corrected chi connectivity index (χ2v) is 5.27. The lowest BCUT2D eigenvalue weighted by atomic mass is 10.1. The molecular formula is C13H9BrN4. The highest BCUT2D eigenvalue weighted by Gasteiger charge is 2.12. The molecule has 18 heavy (non-hydrogen) atoms. The average molecular weight is 301 g/mol. The standard InChI is InChI=1S/C13H9BrN4/c1-18-11-3-2-9-12(8(11)6-16-18)13-10(17-9)4-7(14)5-15-13/h2-6,16H,1H3. The van der Waals surface area contributed by atoms with E-state index in [1.807, 2.05) is 36.3 Å². The van der Waals surface area contributed by atoms with Gasteiger partial charge in [-0.1, -0.05) is 0 Å². The van der Waals surface area contributed by atoms with Crippen molar-refractivity contribution in [1.29, 1.82) is 0 Å². The molecule has 0 aliphatic carbocycles. The maximum atomic E-state index is 4.62. The van der Waals surface area contributed by atoms with Gasteiger partial charge in [0.05, 0.1) is 22.1 Å². The van der Waals surface area contributed by atoms with E-state index in [2.05, 4.69) is 37.1 Å². The minimum Gasteiger partial charge on any atom is -0.305 e. The normalized spacial score (nSPS) is 11.9. The minimum absolute atomic E-state index is 0.927. The lowest BCUT2D eigenvalue weighted by Crippen LogP contribution is -1.87. The van der Waals surface area contributed by atoms with Crippen molar-refractivity contribution < 1.29 is 0 Å². The van der Waals surface area contributed by atoms with Crippen molar-refractivity contribution in [2.45, 2.75) is 0 Å². The van der Waals surface area contributed by atoms with E-state index in [4.69, 9.17) is 0 Å². The first-order chi connectivity index (χ1) is 8.74. The van der Waals surface area contributed by atoms with Crippen LogP contribution in [0.5, 0.6) is 0 Å². The van der Waals surface area contributed by atoms with Crippen LogP contribution < -0.4 is 0 Å². The molecule has 4 nitrogen and oxygen atoms in total. The highest BCUT2D eigenvalue weighted by atomic mass is 79.9. The van der Waals surface area contributed by atoms with Crippen LogP contribution in [-0.2, 0) is 7.05 Å². The fraction of sp³-hybridized carbons (Fsp3) is 0.0769. The molecule has 1 aromatic carbocycles. The van der Waals surface area contributed by atoms with Gasteiger partial charge in [0, 0.05) is 34.7 Å². The summed E-state index contributed by atoms with van der Waals surface area (Å²) in [5.41, 5.74) is 4.03. The molecule has 0 aliphatic heterocycles. The van der Waals surface area contributed by atoms with Crippen molar-refractivity contribution in [2.24, 2.45) is 7.05 Å². The number of aryl methyl sites for hydroxylation is 1. The summed E-state index contributed by atoms with van der Waals surface area (Å²) in [6.07, 6.45) is 3.82. The van der Waals surface area contributed by atoms with E-state index in [1.54, 1.807) is 0 Å². The van der Waals surface area contributed by atoms with E-state index in [0.29, 0.717) is 0 Å². The first-order valence-electron chi connectivity index (χ1n) is 5.62. The molecule has 0 bridgehead atoms. The lowest BCUT2D eigenvalue weighted by molar-refractivity contribution is 0.797. The number of halogens is 1. The summed E-state index contributed by atoms with van der Waals surface area (Å²) in [4.78, 5) is 9.12. The van der Waals surface area contributed by atoms with Gasteiger partial charge in [-0.2, -0.15) is 0 Å². The van der Waals surface area contributed by atoms with E-state index >= 15 is 0 Å². The van der Waals surface area contributed by atoms with Crippen molar-refractivity contribution in [3.8, 4) is 0 Å². The number of rotatable bonds is 0. The van der Waals surface area contributed by atoms with Crippen LogP contribution in [0.2, 0.25) is 0 Å². The van der Waals surface area contributed by atoms with Crippen molar-refractivity contribution in [2.75, 3.05) is 0 Å². The zero-order chi connectivity index (χ0) is 12.3. The number of fused-ring (bicyclic) bond motifs is 5. The van der Waals surface area contributed by atoms with Gasteiger partial charge >= 0.3 is 0 Å². The minimum atomic E-state index is 0.927. The Hall–Kier alpha value is -1.88. The third-order valence-corrected chi connectivity index (χ3v) is 3.71. The predicted molar refractivity (Wildman–Crippen MR) is 75.6 cm³/mol. The van der Waals surface area contributed by atoms with Gasteiger partial charge in [-0.05, 0) is 34.1 Å². The molecule has 0 amide bonds. The van der Waals surface area contributed by atoms with E-state index in [-0.39, 0.29) is 0 Å². The van der Waals surface area contributed by atoms with Crippen molar-refractivity contribution in [3.05, 3.63) is 35.1 Å². The molecule has 3 aromatic heterocycles. The van der Waals surface area contributed by atoms with Gasteiger partial charge in [0.2, 0.25) is 0 Å². The number of nitrogens with one attached hydrogen (secondary N) is 1. The second-order valence-electron chi connectivity index (χ2n) is 4.36. The molecule has 0 spiro atoms. The number of H-pyrrole nitrogens is 1. The van der Waals surface area contributed by atoms with Crippen LogP contribution in [0.25, 0.3) is 32.8 Å². The molecule has 0 unspecified atom stereocenters. The zero-order valence-electron chi connectivity index (χ0n) is 9.61. The lowest BCUT2D eigenvalue weighted by Gasteiger charge is -1.96. The quantitative estimate of drug-likeness (QED) is 0.541. The molecule has 88 valence electrons. The van der Waals surface area contributed by atoms with Gasteiger partial charge in [-0.15, -0.1) is 0 Å². The van der Waals surface area contributed by atoms with Crippen LogP contribution in [0.1, 0.15) is 0 Å². The number of aromatic amines is 1. The maximum Gasteiger partial charge on any atom is 0.0988 e. The molecule has 0 saturated heterocycles. The summed E-state index contributed by atoms with van der Waals surface area (Å²) < 4.78 is 2.94. The van der Waals surface area contributed by atoms with Crippen LogP contribution in [0.3, 0.4) is 0 Å². The van der Waals surface area contributed by atoms with Crippen LogP contribution in [0, 0.1) is 0 Å². The monoisotopic (exact) mass is 300 g/mol. The molecule has 4 aromatic rings. The summed E-state index contributed by atoms with van der Waals surface area (Å²) in [5.74, 6) is 0. The van der Waals surface area contributed by atoms with E-state index < -0.39 is 0 Å². The Morgan fingerprint density at radius 2 is 2.17 bits per heavy atom. The summed E-state index contributed by atoms with van der Waals surface area (Å²) in [7, 11) is 2.00. The summed E-state index contributed by atoms with van der Waals surface area (Å²) in [6.45, 7) is 0. The molecule has 0 saturated carbocycles. The molecule has 0 radical (unpaired) electrons. The second kappa shape index (κ2) is 3.32. The SMILES string of the molecule is Cn1[nH]cc2c3c(ccc21)nc1cc(Br)cnc13. The predicted octanol–water partition coefficient (Wildman–Crippen LogP) is 3.37. The van der Waals surface area contributed by atoms with Crippen LogP contribution in [0.15, 0.2) is 35.1 Å². The topological polar surface area (TPSA) is 46.5 Å². The van der Waals surface area contributed by atoms with Crippen LogP contribution >= 0.6 is 15.9 Å². The fourth-order valence-corrected chi connectivity index (χ4v) is 2.76. The Kier molecular flexibility index (Phi) is 1.86. The molecule has 0 atom stereocenters. The maximum absolute atomic E-state index is 4.62. The molecular weight excluding hydrogens is 292 g/mol. The van der Waals surface area contributed by atoms with E-state index in [1.165, 1.54) is 0 Å².